The first kappa shape index (κ1) is 20.8. The number of pyridine rings is 1. The van der Waals surface area contributed by atoms with E-state index < -0.39 is 0 Å². The molecule has 3 aromatic heterocycles. The molecule has 0 saturated carbocycles. The molecule has 4 heterocycles. The van der Waals surface area contributed by atoms with E-state index in [9.17, 15) is 9.59 Å². The zero-order valence-electron chi connectivity index (χ0n) is 18.2. The molecule has 0 spiro atoms. The number of carbonyl (C=O) groups excluding carboxylic acids is 1. The molecule has 0 unspecified atom stereocenters. The van der Waals surface area contributed by atoms with Gasteiger partial charge in [-0.05, 0) is 32.4 Å². The lowest BCUT2D eigenvalue weighted by atomic mass is 10.1. The van der Waals surface area contributed by atoms with E-state index in [1.54, 1.807) is 30.3 Å². The van der Waals surface area contributed by atoms with E-state index in [-0.39, 0.29) is 24.1 Å². The Hall–Kier alpha value is -3.49. The minimum atomic E-state index is -0.200. The number of aromatic nitrogens is 4. The number of carbonyl (C=O) groups is 1. The quantitative estimate of drug-likeness (QED) is 0.620. The largest absolute Gasteiger partial charge is 0.368 e. The molecule has 1 atom stereocenters. The van der Waals surface area contributed by atoms with Crippen LogP contribution in [0.5, 0.6) is 0 Å². The van der Waals surface area contributed by atoms with Crippen LogP contribution in [0.15, 0.2) is 39.9 Å². The van der Waals surface area contributed by atoms with Gasteiger partial charge < -0.3 is 14.3 Å². The number of hydrogen-bond acceptors (Lipinski definition) is 7. The van der Waals surface area contributed by atoms with Crippen LogP contribution >= 0.6 is 0 Å². The molecule has 9 nitrogen and oxygen atoms in total. The molecule has 0 radical (unpaired) electrons. The van der Waals surface area contributed by atoms with Crippen molar-refractivity contribution in [1.29, 1.82) is 0 Å². The highest BCUT2D eigenvalue weighted by Gasteiger charge is 2.27. The first-order chi connectivity index (χ1) is 14.8. The summed E-state index contributed by atoms with van der Waals surface area (Å²) in [5.41, 5.74) is 3.78. The number of likely N-dealkylation sites (N-methyl/N-ethyl adjacent to an activating group) is 1. The molecule has 0 aliphatic carbocycles. The van der Waals surface area contributed by atoms with Gasteiger partial charge >= 0.3 is 0 Å². The zero-order valence-corrected chi connectivity index (χ0v) is 18.2. The van der Waals surface area contributed by atoms with Crippen molar-refractivity contribution in [2.24, 2.45) is 0 Å². The fraction of sp³-hybridized carbons (Fsp3) is 0.409. The van der Waals surface area contributed by atoms with Crippen LogP contribution in [0.1, 0.15) is 30.4 Å². The monoisotopic (exact) mass is 422 g/mol. The first-order valence-electron chi connectivity index (χ1n) is 10.3. The smallest absolute Gasteiger partial charge is 0.269 e. The molecular formula is C22H26N6O3. The first-order valence-corrected chi connectivity index (χ1v) is 10.3. The molecule has 9 heteroatoms. The lowest BCUT2D eigenvalue weighted by Crippen LogP contribution is -2.37. The van der Waals surface area contributed by atoms with Gasteiger partial charge in [0.25, 0.3) is 5.56 Å². The summed E-state index contributed by atoms with van der Waals surface area (Å²) in [5.74, 6) is 0.687. The summed E-state index contributed by atoms with van der Waals surface area (Å²) in [4.78, 5) is 32.6. The van der Waals surface area contributed by atoms with Gasteiger partial charge in [-0.15, -0.1) is 0 Å². The summed E-state index contributed by atoms with van der Waals surface area (Å²) in [6.45, 7) is 7.04. The molecule has 0 N–H and O–H groups in total. The average Bonchev–Trinajstić information content (AvgIpc) is 3.37. The third kappa shape index (κ3) is 4.21. The maximum atomic E-state index is 12.8. The Balaban J connectivity index is 1.54. The molecule has 0 bridgehead atoms. The molecule has 1 aliphatic heterocycles. The van der Waals surface area contributed by atoms with E-state index >= 15 is 0 Å². The van der Waals surface area contributed by atoms with Gasteiger partial charge in [0, 0.05) is 56.1 Å². The summed E-state index contributed by atoms with van der Waals surface area (Å²) in [6.07, 6.45) is 4.32. The Bertz CT molecular complexity index is 1150. The van der Waals surface area contributed by atoms with Gasteiger partial charge in [0.05, 0.1) is 24.5 Å². The highest BCUT2D eigenvalue weighted by molar-refractivity contribution is 5.73. The van der Waals surface area contributed by atoms with E-state index in [2.05, 4.69) is 20.1 Å². The SMILES string of the molecule is CC(=O)N(C)[C@H]1CCN(c2cnn(Cc3c(-c4ccc(C)nc4)noc3C)c(=O)c2)C1. The Kier molecular flexibility index (Phi) is 5.58. The van der Waals surface area contributed by atoms with Crippen LogP contribution in [-0.4, -0.2) is 56.9 Å². The lowest BCUT2D eigenvalue weighted by Gasteiger charge is -2.24. The van der Waals surface area contributed by atoms with Crippen LogP contribution in [0, 0.1) is 13.8 Å². The van der Waals surface area contributed by atoms with Crippen LogP contribution in [0.25, 0.3) is 11.3 Å². The van der Waals surface area contributed by atoms with Gasteiger partial charge in [-0.3, -0.25) is 14.6 Å². The van der Waals surface area contributed by atoms with Crippen molar-refractivity contribution < 1.29 is 9.32 Å². The fourth-order valence-corrected chi connectivity index (χ4v) is 3.83. The van der Waals surface area contributed by atoms with Gasteiger partial charge in [-0.1, -0.05) is 5.16 Å². The second-order valence-electron chi connectivity index (χ2n) is 7.98. The van der Waals surface area contributed by atoms with Crippen molar-refractivity contribution >= 4 is 11.6 Å². The van der Waals surface area contributed by atoms with Crippen molar-refractivity contribution in [1.82, 2.24) is 24.8 Å². The van der Waals surface area contributed by atoms with E-state index in [4.69, 9.17) is 4.52 Å². The third-order valence-corrected chi connectivity index (χ3v) is 5.91. The molecule has 1 fully saturated rings. The maximum Gasteiger partial charge on any atom is 0.269 e. The molecule has 31 heavy (non-hydrogen) atoms. The molecule has 0 aromatic carbocycles. The normalized spacial score (nSPS) is 16.0. The third-order valence-electron chi connectivity index (χ3n) is 5.91. The molecule has 1 saturated heterocycles. The number of amides is 1. The van der Waals surface area contributed by atoms with Crippen molar-refractivity contribution in [3.05, 3.63) is 58.0 Å². The Morgan fingerprint density at radius 1 is 1.29 bits per heavy atom. The molecule has 4 rings (SSSR count). The Morgan fingerprint density at radius 2 is 2.10 bits per heavy atom. The van der Waals surface area contributed by atoms with Crippen LogP contribution in [0.3, 0.4) is 0 Å². The highest BCUT2D eigenvalue weighted by atomic mass is 16.5. The minimum absolute atomic E-state index is 0.0454. The van der Waals surface area contributed by atoms with Crippen LogP contribution in [0.2, 0.25) is 0 Å². The summed E-state index contributed by atoms with van der Waals surface area (Å²) in [7, 11) is 1.81. The van der Waals surface area contributed by atoms with E-state index in [1.807, 2.05) is 33.0 Å². The topological polar surface area (TPSA) is 97.4 Å². The maximum absolute atomic E-state index is 12.8. The summed E-state index contributed by atoms with van der Waals surface area (Å²) in [5, 5.41) is 8.55. The van der Waals surface area contributed by atoms with Gasteiger partial charge in [0.2, 0.25) is 5.91 Å². The van der Waals surface area contributed by atoms with E-state index in [0.29, 0.717) is 18.0 Å². The van der Waals surface area contributed by atoms with Crippen LogP contribution < -0.4 is 10.5 Å². The predicted octanol–water partition coefficient (Wildman–Crippen LogP) is 2.02. The second kappa shape index (κ2) is 8.33. The van der Waals surface area contributed by atoms with Crippen molar-refractivity contribution in [3.8, 4) is 11.3 Å². The summed E-state index contributed by atoms with van der Waals surface area (Å²) in [6, 6.07) is 5.59. The lowest BCUT2D eigenvalue weighted by molar-refractivity contribution is -0.129. The zero-order chi connectivity index (χ0) is 22.1. The van der Waals surface area contributed by atoms with Gasteiger partial charge in [-0.25, -0.2) is 4.68 Å². The standard InChI is InChI=1S/C22H26N6O3/c1-14-5-6-17(10-23-14)22-20(15(2)31-25-22)13-28-21(30)9-19(11-24-28)27-8-7-18(12-27)26(4)16(3)29/h5-6,9-11,18H,7-8,12-13H2,1-4H3/t18-/m0/s1. The van der Waals surface area contributed by atoms with E-state index in [1.165, 1.54) is 4.68 Å². The Labute approximate surface area is 180 Å². The molecule has 1 aliphatic rings. The Morgan fingerprint density at radius 3 is 2.77 bits per heavy atom. The van der Waals surface area contributed by atoms with Crippen LogP contribution in [-0.2, 0) is 11.3 Å². The molecule has 3 aromatic rings. The predicted molar refractivity (Wildman–Crippen MR) is 116 cm³/mol. The van der Waals surface area contributed by atoms with Crippen molar-refractivity contribution in [2.75, 3.05) is 25.0 Å². The summed E-state index contributed by atoms with van der Waals surface area (Å²) >= 11 is 0. The number of hydrogen-bond donors (Lipinski definition) is 0. The average molecular weight is 422 g/mol. The second-order valence-corrected chi connectivity index (χ2v) is 7.98. The summed E-state index contributed by atoms with van der Waals surface area (Å²) < 4.78 is 6.80. The van der Waals surface area contributed by atoms with Gasteiger partial charge in [0.1, 0.15) is 11.5 Å². The number of anilines is 1. The van der Waals surface area contributed by atoms with Crippen molar-refractivity contribution in [2.45, 2.75) is 39.8 Å². The van der Waals surface area contributed by atoms with Gasteiger partial charge in [0.15, 0.2) is 0 Å². The van der Waals surface area contributed by atoms with Gasteiger partial charge in [-0.2, -0.15) is 5.10 Å². The molecule has 162 valence electrons. The van der Waals surface area contributed by atoms with Crippen molar-refractivity contribution in [3.63, 3.8) is 0 Å². The number of nitrogens with zero attached hydrogens (tertiary/aromatic N) is 6. The minimum Gasteiger partial charge on any atom is -0.368 e. The number of aryl methyl sites for hydroxylation is 2. The van der Waals surface area contributed by atoms with Crippen LogP contribution in [0.4, 0.5) is 5.69 Å². The van der Waals surface area contributed by atoms with E-state index in [0.717, 1.165) is 35.5 Å². The fourth-order valence-electron chi connectivity index (χ4n) is 3.83. The number of rotatable bonds is 5. The molecular weight excluding hydrogens is 396 g/mol. The molecule has 1 amide bonds. The highest BCUT2D eigenvalue weighted by Crippen LogP contribution is 2.26.